The van der Waals surface area contributed by atoms with E-state index in [1.54, 1.807) is 18.4 Å². The molecule has 1 aromatic carbocycles. The van der Waals surface area contributed by atoms with Crippen LogP contribution >= 0.6 is 23.1 Å². The third-order valence-electron chi connectivity index (χ3n) is 5.25. The van der Waals surface area contributed by atoms with E-state index in [9.17, 15) is 10.1 Å². The van der Waals surface area contributed by atoms with E-state index in [0.29, 0.717) is 21.5 Å². The Morgan fingerprint density at radius 2 is 2.06 bits per heavy atom. The van der Waals surface area contributed by atoms with Crippen LogP contribution in [0.3, 0.4) is 0 Å². The molecule has 0 fully saturated rings. The molecule has 31 heavy (non-hydrogen) atoms. The van der Waals surface area contributed by atoms with E-state index in [1.807, 2.05) is 31.2 Å². The Hall–Kier alpha value is -2.83. The number of thiophene rings is 1. The third-order valence-corrected chi connectivity index (χ3v) is 7.42. The van der Waals surface area contributed by atoms with Gasteiger partial charge < -0.3 is 10.1 Å². The molecule has 2 N–H and O–H groups in total. The fourth-order valence-corrected chi connectivity index (χ4v) is 5.52. The number of aromatic amines is 1. The van der Waals surface area contributed by atoms with Gasteiger partial charge in [-0.1, -0.05) is 18.2 Å². The number of rotatable bonds is 6. The smallest absolute Gasteiger partial charge is 0.238 e. The molecule has 0 radical (unpaired) electrons. The van der Waals surface area contributed by atoms with Crippen LogP contribution in [0.1, 0.15) is 42.2 Å². The van der Waals surface area contributed by atoms with Crippen LogP contribution in [0.15, 0.2) is 29.4 Å². The summed E-state index contributed by atoms with van der Waals surface area (Å²) in [7, 11) is 1.62. The Labute approximate surface area is 189 Å². The molecular formula is C22H23N5O2S2. The van der Waals surface area contributed by atoms with E-state index in [4.69, 9.17) is 4.74 Å². The molecule has 3 aromatic rings. The van der Waals surface area contributed by atoms with Crippen molar-refractivity contribution < 1.29 is 9.53 Å². The predicted octanol–water partition coefficient (Wildman–Crippen LogP) is 4.80. The maximum absolute atomic E-state index is 12.8. The maximum Gasteiger partial charge on any atom is 0.238 e. The highest BCUT2D eigenvalue weighted by Crippen LogP contribution is 2.37. The molecule has 9 heteroatoms. The average Bonchev–Trinajstić information content (AvgIpc) is 3.30. The first-order chi connectivity index (χ1) is 15.1. The Kier molecular flexibility index (Phi) is 6.59. The molecule has 160 valence electrons. The van der Waals surface area contributed by atoms with Crippen LogP contribution in [0.2, 0.25) is 0 Å². The zero-order valence-corrected chi connectivity index (χ0v) is 19.0. The summed E-state index contributed by atoms with van der Waals surface area (Å²) in [5, 5.41) is 20.5. The van der Waals surface area contributed by atoms with E-state index in [1.165, 1.54) is 23.1 Å². The van der Waals surface area contributed by atoms with Gasteiger partial charge in [0.15, 0.2) is 5.82 Å². The second-order valence-electron chi connectivity index (χ2n) is 7.32. The second kappa shape index (κ2) is 9.54. The monoisotopic (exact) mass is 453 g/mol. The average molecular weight is 454 g/mol. The topological polar surface area (TPSA) is 104 Å². The van der Waals surface area contributed by atoms with E-state index in [0.717, 1.165) is 42.6 Å². The standard InChI is InChI=1S/C22H23N5O2S2/c1-13(30-22-24-19(26-27-22)14-8-10-15(29-2)11-9-14)20(28)25-21-17(12-23)16-6-4-3-5-7-18(16)31-21/h8-11,13H,3-7H2,1-2H3,(H,25,28)(H,24,26,27). The quantitative estimate of drug-likeness (QED) is 0.410. The molecule has 0 bridgehead atoms. The number of H-pyrrole nitrogens is 1. The van der Waals surface area contributed by atoms with Crippen molar-refractivity contribution in [3.8, 4) is 23.2 Å². The lowest BCUT2D eigenvalue weighted by Gasteiger charge is -2.09. The number of carbonyl (C=O) groups is 1. The van der Waals surface area contributed by atoms with E-state index in [2.05, 4.69) is 26.6 Å². The van der Waals surface area contributed by atoms with Crippen molar-refractivity contribution in [2.75, 3.05) is 12.4 Å². The van der Waals surface area contributed by atoms with Gasteiger partial charge in [-0.2, -0.15) is 5.26 Å². The van der Waals surface area contributed by atoms with Crippen molar-refractivity contribution in [3.63, 3.8) is 0 Å². The van der Waals surface area contributed by atoms with Gasteiger partial charge in [0.05, 0.1) is 17.9 Å². The van der Waals surface area contributed by atoms with Crippen LogP contribution in [0.5, 0.6) is 5.75 Å². The molecule has 0 saturated heterocycles. The number of benzene rings is 1. The number of nitrogens with zero attached hydrogens (tertiary/aromatic N) is 3. The minimum atomic E-state index is -0.409. The van der Waals surface area contributed by atoms with Crippen LogP contribution < -0.4 is 10.1 Å². The molecule has 2 aromatic heterocycles. The molecule has 0 spiro atoms. The number of amides is 1. The zero-order chi connectivity index (χ0) is 21.8. The molecule has 1 amide bonds. The normalized spacial score (nSPS) is 14.2. The Bertz CT molecular complexity index is 1110. The summed E-state index contributed by atoms with van der Waals surface area (Å²) >= 11 is 2.82. The highest BCUT2D eigenvalue weighted by Gasteiger charge is 2.24. The molecule has 1 unspecified atom stereocenters. The molecule has 0 aliphatic heterocycles. The highest BCUT2D eigenvalue weighted by atomic mass is 32.2. The van der Waals surface area contributed by atoms with Gasteiger partial charge in [-0.05, 0) is 62.4 Å². The van der Waals surface area contributed by atoms with E-state index >= 15 is 0 Å². The Morgan fingerprint density at radius 1 is 1.29 bits per heavy atom. The summed E-state index contributed by atoms with van der Waals surface area (Å²) in [4.78, 5) is 18.5. The minimum absolute atomic E-state index is 0.159. The molecule has 1 aliphatic rings. The van der Waals surface area contributed by atoms with Crippen molar-refractivity contribution >= 4 is 34.0 Å². The SMILES string of the molecule is COc1ccc(-c2nc(SC(C)C(=O)Nc3sc4c(c3C#N)CCCCC4)n[nH]2)cc1. The Morgan fingerprint density at radius 3 is 2.81 bits per heavy atom. The van der Waals surface area contributed by atoms with Gasteiger partial charge >= 0.3 is 0 Å². The fraction of sp³-hybridized carbons (Fsp3) is 0.364. The number of thioether (sulfide) groups is 1. The lowest BCUT2D eigenvalue weighted by molar-refractivity contribution is -0.115. The molecule has 7 nitrogen and oxygen atoms in total. The van der Waals surface area contributed by atoms with Gasteiger partial charge in [0.2, 0.25) is 11.1 Å². The predicted molar refractivity (Wildman–Crippen MR) is 123 cm³/mol. The summed E-state index contributed by atoms with van der Waals surface area (Å²) in [6.07, 6.45) is 5.33. The first kappa shape index (κ1) is 21.4. The molecule has 0 saturated carbocycles. The molecular weight excluding hydrogens is 430 g/mol. The fourth-order valence-electron chi connectivity index (χ4n) is 3.55. The van der Waals surface area contributed by atoms with Crippen LogP contribution in [-0.4, -0.2) is 33.4 Å². The molecule has 2 heterocycles. The molecule has 4 rings (SSSR count). The summed E-state index contributed by atoms with van der Waals surface area (Å²) < 4.78 is 5.17. The van der Waals surface area contributed by atoms with Gasteiger partial charge in [0, 0.05) is 10.4 Å². The zero-order valence-electron chi connectivity index (χ0n) is 17.4. The number of aryl methyl sites for hydroxylation is 1. The van der Waals surface area contributed by atoms with Gasteiger partial charge in [0.25, 0.3) is 0 Å². The van der Waals surface area contributed by atoms with Crippen molar-refractivity contribution in [3.05, 3.63) is 40.3 Å². The first-order valence-electron chi connectivity index (χ1n) is 10.2. The number of aromatic nitrogens is 3. The number of nitriles is 1. The van der Waals surface area contributed by atoms with Crippen LogP contribution in [0.4, 0.5) is 5.00 Å². The summed E-state index contributed by atoms with van der Waals surface area (Å²) in [5.41, 5.74) is 2.64. The number of methoxy groups -OCH3 is 1. The summed E-state index contributed by atoms with van der Waals surface area (Å²) in [6.45, 7) is 1.81. The highest BCUT2D eigenvalue weighted by molar-refractivity contribution is 8.00. The number of carbonyl (C=O) groups excluding carboxylic acids is 1. The van der Waals surface area contributed by atoms with Crippen molar-refractivity contribution in [1.82, 2.24) is 15.2 Å². The molecule has 1 aliphatic carbocycles. The van der Waals surface area contributed by atoms with E-state index in [-0.39, 0.29) is 5.91 Å². The minimum Gasteiger partial charge on any atom is -0.497 e. The number of ether oxygens (including phenoxy) is 1. The van der Waals surface area contributed by atoms with Crippen LogP contribution in [-0.2, 0) is 17.6 Å². The van der Waals surface area contributed by atoms with Gasteiger partial charge in [-0.15, -0.1) is 16.4 Å². The third kappa shape index (κ3) is 4.75. The van der Waals surface area contributed by atoms with Crippen molar-refractivity contribution in [2.45, 2.75) is 49.4 Å². The van der Waals surface area contributed by atoms with Crippen LogP contribution in [0.25, 0.3) is 11.4 Å². The second-order valence-corrected chi connectivity index (χ2v) is 9.74. The largest absolute Gasteiger partial charge is 0.497 e. The van der Waals surface area contributed by atoms with Crippen molar-refractivity contribution in [1.29, 1.82) is 5.26 Å². The number of anilines is 1. The first-order valence-corrected chi connectivity index (χ1v) is 11.9. The number of nitrogens with one attached hydrogen (secondary N) is 2. The summed E-state index contributed by atoms with van der Waals surface area (Å²) in [6, 6.07) is 9.81. The summed E-state index contributed by atoms with van der Waals surface area (Å²) in [5.74, 6) is 1.24. The lowest BCUT2D eigenvalue weighted by Crippen LogP contribution is -2.22. The van der Waals surface area contributed by atoms with E-state index < -0.39 is 5.25 Å². The van der Waals surface area contributed by atoms with Crippen LogP contribution in [0, 0.1) is 11.3 Å². The lowest BCUT2D eigenvalue weighted by atomic mass is 10.1. The number of fused-ring (bicyclic) bond motifs is 1. The Balaban J connectivity index is 1.43. The maximum atomic E-state index is 12.8. The van der Waals surface area contributed by atoms with Crippen molar-refractivity contribution in [2.24, 2.45) is 0 Å². The van der Waals surface area contributed by atoms with Gasteiger partial charge in [-0.3, -0.25) is 9.89 Å². The van der Waals surface area contributed by atoms with Gasteiger partial charge in [0.1, 0.15) is 16.8 Å². The molecule has 1 atom stereocenters. The van der Waals surface area contributed by atoms with Gasteiger partial charge in [-0.25, -0.2) is 4.98 Å². The number of hydrogen-bond donors (Lipinski definition) is 2. The number of hydrogen-bond acceptors (Lipinski definition) is 7.